The third kappa shape index (κ3) is 2.58. The largest absolute Gasteiger partial charge is 0.360 e. The number of hydrogen-bond donors (Lipinski definition) is 2. The minimum Gasteiger partial charge on any atom is -0.360 e. The molecule has 3 rings (SSSR count). The summed E-state index contributed by atoms with van der Waals surface area (Å²) in [5.41, 5.74) is 2.14. The Balaban J connectivity index is 1.64. The van der Waals surface area contributed by atoms with Crippen LogP contribution in [0.15, 0.2) is 15.7 Å². The predicted octanol–water partition coefficient (Wildman–Crippen LogP) is -0.108. The molecule has 2 aromatic heterocycles. The second kappa shape index (κ2) is 4.97. The fraction of sp³-hybridized carbons (Fsp3) is 0.444. The number of nitrogen functional groups attached to an aromatic ring is 1. The standard InChI is InChI=1S/C9H11N7O2S/c10-11-8(17)7-3-6(18-13-7)4-19-9-12-14-15-16(9)5-1-2-5/h3,5H,1-2,4,10H2,(H,11,17). The molecule has 1 fully saturated rings. The fourth-order valence-electron chi connectivity index (χ4n) is 1.53. The zero-order valence-corrected chi connectivity index (χ0v) is 10.6. The highest BCUT2D eigenvalue weighted by Gasteiger charge is 2.28. The van der Waals surface area contributed by atoms with Gasteiger partial charge < -0.3 is 4.52 Å². The van der Waals surface area contributed by atoms with Crippen LogP contribution in [0.3, 0.4) is 0 Å². The molecule has 100 valence electrons. The van der Waals surface area contributed by atoms with Crippen molar-refractivity contribution in [1.82, 2.24) is 30.8 Å². The molecule has 0 unspecified atom stereocenters. The molecule has 2 heterocycles. The molecule has 1 amide bonds. The van der Waals surface area contributed by atoms with Gasteiger partial charge in [-0.05, 0) is 23.3 Å². The number of nitrogens with two attached hydrogens (primary N) is 1. The van der Waals surface area contributed by atoms with Gasteiger partial charge in [0, 0.05) is 6.07 Å². The van der Waals surface area contributed by atoms with Gasteiger partial charge in [-0.2, -0.15) is 0 Å². The van der Waals surface area contributed by atoms with E-state index in [1.165, 1.54) is 11.8 Å². The number of nitrogens with zero attached hydrogens (tertiary/aromatic N) is 5. The molecular weight excluding hydrogens is 270 g/mol. The molecule has 9 nitrogen and oxygen atoms in total. The molecule has 1 aliphatic rings. The first kappa shape index (κ1) is 12.1. The number of carbonyl (C=O) groups is 1. The van der Waals surface area contributed by atoms with Gasteiger partial charge in [0.25, 0.3) is 5.91 Å². The number of rotatable bonds is 5. The summed E-state index contributed by atoms with van der Waals surface area (Å²) in [5.74, 6) is 5.59. The molecule has 0 bridgehead atoms. The van der Waals surface area contributed by atoms with Crippen molar-refractivity contribution in [2.45, 2.75) is 29.8 Å². The zero-order valence-electron chi connectivity index (χ0n) is 9.81. The molecule has 2 aromatic rings. The number of carbonyl (C=O) groups excluding carboxylic acids is 1. The minimum atomic E-state index is -0.484. The molecule has 0 atom stereocenters. The van der Waals surface area contributed by atoms with Crippen molar-refractivity contribution in [1.29, 1.82) is 0 Å². The normalized spacial score (nSPS) is 14.6. The lowest BCUT2D eigenvalue weighted by Gasteiger charge is -1.99. The van der Waals surface area contributed by atoms with E-state index in [0.29, 0.717) is 17.6 Å². The number of hydrazine groups is 1. The third-order valence-electron chi connectivity index (χ3n) is 2.62. The number of tetrazole rings is 1. The highest BCUT2D eigenvalue weighted by Crippen LogP contribution is 2.36. The van der Waals surface area contributed by atoms with Gasteiger partial charge in [0.1, 0.15) is 5.76 Å². The number of hydrogen-bond acceptors (Lipinski definition) is 8. The zero-order chi connectivity index (χ0) is 13.2. The van der Waals surface area contributed by atoms with Crippen molar-refractivity contribution in [3.05, 3.63) is 17.5 Å². The Bertz CT molecular complexity index is 591. The summed E-state index contributed by atoms with van der Waals surface area (Å²) in [6.45, 7) is 0. The van der Waals surface area contributed by atoms with E-state index in [1.54, 1.807) is 6.07 Å². The van der Waals surface area contributed by atoms with E-state index in [0.717, 1.165) is 18.0 Å². The Morgan fingerprint density at radius 2 is 2.47 bits per heavy atom. The molecular formula is C9H11N7O2S. The first-order valence-corrected chi connectivity index (χ1v) is 6.63. The van der Waals surface area contributed by atoms with Gasteiger partial charge in [0.05, 0.1) is 11.8 Å². The van der Waals surface area contributed by atoms with Crippen molar-refractivity contribution < 1.29 is 9.32 Å². The van der Waals surface area contributed by atoms with Crippen LogP contribution in [0.1, 0.15) is 35.1 Å². The number of nitrogens with one attached hydrogen (secondary N) is 1. The molecule has 3 N–H and O–H groups in total. The Hall–Kier alpha value is -1.94. The van der Waals surface area contributed by atoms with Crippen LogP contribution in [-0.4, -0.2) is 31.3 Å². The lowest BCUT2D eigenvalue weighted by molar-refractivity contribution is 0.0944. The van der Waals surface area contributed by atoms with Crippen LogP contribution in [0.2, 0.25) is 0 Å². The van der Waals surface area contributed by atoms with Crippen LogP contribution in [0.5, 0.6) is 0 Å². The van der Waals surface area contributed by atoms with Gasteiger partial charge in [-0.15, -0.1) is 5.10 Å². The Kier molecular flexibility index (Phi) is 3.17. The van der Waals surface area contributed by atoms with E-state index in [1.807, 2.05) is 10.1 Å². The summed E-state index contributed by atoms with van der Waals surface area (Å²) in [5, 5.41) is 15.9. The molecule has 1 saturated carbocycles. The molecule has 0 aliphatic heterocycles. The van der Waals surface area contributed by atoms with Gasteiger partial charge in [-0.1, -0.05) is 16.9 Å². The predicted molar refractivity (Wildman–Crippen MR) is 63.8 cm³/mol. The molecule has 10 heteroatoms. The van der Waals surface area contributed by atoms with Crippen LogP contribution >= 0.6 is 11.8 Å². The van der Waals surface area contributed by atoms with E-state index >= 15 is 0 Å². The summed E-state index contributed by atoms with van der Waals surface area (Å²) >= 11 is 1.44. The summed E-state index contributed by atoms with van der Waals surface area (Å²) in [4.78, 5) is 11.2. The number of aromatic nitrogens is 5. The molecule has 0 spiro atoms. The molecule has 0 radical (unpaired) electrons. The molecule has 1 aliphatic carbocycles. The summed E-state index contributed by atoms with van der Waals surface area (Å²) in [6, 6.07) is 1.96. The highest BCUT2D eigenvalue weighted by molar-refractivity contribution is 7.98. The van der Waals surface area contributed by atoms with Gasteiger partial charge in [0.15, 0.2) is 5.69 Å². The Morgan fingerprint density at radius 1 is 1.63 bits per heavy atom. The van der Waals surface area contributed by atoms with Crippen LogP contribution in [-0.2, 0) is 5.75 Å². The first-order chi connectivity index (χ1) is 9.28. The lowest BCUT2D eigenvalue weighted by Crippen LogP contribution is -2.30. The lowest BCUT2D eigenvalue weighted by atomic mass is 10.4. The summed E-state index contributed by atoms with van der Waals surface area (Å²) in [7, 11) is 0. The van der Waals surface area contributed by atoms with E-state index in [4.69, 9.17) is 10.4 Å². The molecule has 0 saturated heterocycles. The smallest absolute Gasteiger partial charge is 0.287 e. The van der Waals surface area contributed by atoms with E-state index in [9.17, 15) is 4.79 Å². The van der Waals surface area contributed by atoms with Gasteiger partial charge in [-0.25, -0.2) is 10.5 Å². The Labute approximate surface area is 111 Å². The van der Waals surface area contributed by atoms with Crippen LogP contribution in [0, 0.1) is 0 Å². The minimum absolute atomic E-state index is 0.153. The topological polar surface area (TPSA) is 125 Å². The maximum atomic E-state index is 11.2. The van der Waals surface area contributed by atoms with Crippen molar-refractivity contribution in [3.63, 3.8) is 0 Å². The first-order valence-electron chi connectivity index (χ1n) is 5.65. The van der Waals surface area contributed by atoms with Gasteiger partial charge >= 0.3 is 0 Å². The van der Waals surface area contributed by atoms with Crippen molar-refractivity contribution in [3.8, 4) is 0 Å². The molecule has 19 heavy (non-hydrogen) atoms. The summed E-state index contributed by atoms with van der Waals surface area (Å²) < 4.78 is 6.85. The maximum absolute atomic E-state index is 11.2. The van der Waals surface area contributed by atoms with Gasteiger partial charge in [-0.3, -0.25) is 10.2 Å². The average molecular weight is 281 g/mol. The second-order valence-corrected chi connectivity index (χ2v) is 5.02. The van der Waals surface area contributed by atoms with Gasteiger partial charge in [0.2, 0.25) is 5.16 Å². The monoisotopic (exact) mass is 281 g/mol. The SMILES string of the molecule is NNC(=O)c1cc(CSc2nnnn2C2CC2)on1. The van der Waals surface area contributed by atoms with Crippen LogP contribution in [0.25, 0.3) is 0 Å². The average Bonchev–Trinajstić information content (AvgIpc) is 2.99. The van der Waals surface area contributed by atoms with Crippen LogP contribution < -0.4 is 11.3 Å². The van der Waals surface area contributed by atoms with E-state index < -0.39 is 5.91 Å². The number of thioether (sulfide) groups is 1. The van der Waals surface area contributed by atoms with Crippen molar-refractivity contribution in [2.75, 3.05) is 0 Å². The maximum Gasteiger partial charge on any atom is 0.287 e. The Morgan fingerprint density at radius 3 is 3.21 bits per heavy atom. The van der Waals surface area contributed by atoms with E-state index in [2.05, 4.69) is 20.7 Å². The molecule has 0 aromatic carbocycles. The van der Waals surface area contributed by atoms with E-state index in [-0.39, 0.29) is 5.69 Å². The third-order valence-corrected chi connectivity index (χ3v) is 3.58. The van der Waals surface area contributed by atoms with Crippen molar-refractivity contribution in [2.24, 2.45) is 5.84 Å². The van der Waals surface area contributed by atoms with Crippen molar-refractivity contribution >= 4 is 17.7 Å². The fourth-order valence-corrected chi connectivity index (χ4v) is 2.35. The number of amides is 1. The highest BCUT2D eigenvalue weighted by atomic mass is 32.2. The quantitative estimate of drug-likeness (QED) is 0.336. The van der Waals surface area contributed by atoms with Crippen LogP contribution in [0.4, 0.5) is 0 Å². The summed E-state index contributed by atoms with van der Waals surface area (Å²) in [6.07, 6.45) is 2.23. The second-order valence-electron chi connectivity index (χ2n) is 4.08.